The van der Waals surface area contributed by atoms with Crippen LogP contribution in [0.4, 0.5) is 0 Å². The number of carbonyl (C=O) groups is 1. The first kappa shape index (κ1) is 19.7. The SMILES string of the molecule is COCCOC(=O)c1cncn1C(c1ccccc1)c1ccccc1.Cl. The van der Waals surface area contributed by atoms with Crippen LogP contribution in [-0.4, -0.2) is 35.8 Å². The van der Waals surface area contributed by atoms with Crippen LogP contribution in [0.1, 0.15) is 27.7 Å². The van der Waals surface area contributed by atoms with Crippen molar-refractivity contribution in [2.24, 2.45) is 0 Å². The summed E-state index contributed by atoms with van der Waals surface area (Å²) in [6, 6.07) is 19.9. The number of imidazole rings is 1. The van der Waals surface area contributed by atoms with Crippen molar-refractivity contribution in [3.63, 3.8) is 0 Å². The van der Waals surface area contributed by atoms with Crippen molar-refractivity contribution >= 4 is 18.4 Å². The molecule has 3 rings (SSSR count). The zero-order valence-electron chi connectivity index (χ0n) is 14.4. The molecule has 0 radical (unpaired) electrons. The summed E-state index contributed by atoms with van der Waals surface area (Å²) in [6.07, 6.45) is 3.20. The summed E-state index contributed by atoms with van der Waals surface area (Å²) in [7, 11) is 1.57. The van der Waals surface area contributed by atoms with Crippen molar-refractivity contribution in [2.75, 3.05) is 20.3 Å². The van der Waals surface area contributed by atoms with E-state index < -0.39 is 5.97 Å². The number of hydrogen-bond donors (Lipinski definition) is 0. The fraction of sp³-hybridized carbons (Fsp3) is 0.200. The monoisotopic (exact) mass is 372 g/mol. The summed E-state index contributed by atoms with van der Waals surface area (Å²) < 4.78 is 12.0. The molecule has 0 spiro atoms. The predicted octanol–water partition coefficient (Wildman–Crippen LogP) is 3.75. The molecule has 5 nitrogen and oxygen atoms in total. The van der Waals surface area contributed by atoms with Gasteiger partial charge in [-0.05, 0) is 11.1 Å². The van der Waals surface area contributed by atoms with Crippen LogP contribution in [0.2, 0.25) is 0 Å². The van der Waals surface area contributed by atoms with Gasteiger partial charge in [-0.2, -0.15) is 0 Å². The number of aromatic nitrogens is 2. The van der Waals surface area contributed by atoms with Gasteiger partial charge in [0.25, 0.3) is 0 Å². The molecule has 0 aliphatic rings. The summed E-state index contributed by atoms with van der Waals surface area (Å²) in [5.41, 5.74) is 2.55. The number of esters is 1. The van der Waals surface area contributed by atoms with E-state index in [-0.39, 0.29) is 25.1 Å². The van der Waals surface area contributed by atoms with Crippen molar-refractivity contribution in [3.05, 3.63) is 90.0 Å². The lowest BCUT2D eigenvalue weighted by molar-refractivity contribution is 0.0376. The maximum atomic E-state index is 12.4. The van der Waals surface area contributed by atoms with Crippen molar-refractivity contribution in [3.8, 4) is 0 Å². The molecule has 0 aliphatic carbocycles. The lowest BCUT2D eigenvalue weighted by Gasteiger charge is -2.21. The third kappa shape index (κ3) is 4.50. The highest BCUT2D eigenvalue weighted by atomic mass is 35.5. The van der Waals surface area contributed by atoms with Gasteiger partial charge in [-0.3, -0.25) is 0 Å². The van der Waals surface area contributed by atoms with Crippen LogP contribution in [-0.2, 0) is 9.47 Å². The Bertz CT molecular complexity index is 767. The highest BCUT2D eigenvalue weighted by Crippen LogP contribution is 2.28. The minimum Gasteiger partial charge on any atom is -0.459 e. The molecule has 136 valence electrons. The Morgan fingerprint density at radius 1 is 1.00 bits per heavy atom. The van der Waals surface area contributed by atoms with Crippen molar-refractivity contribution in [1.82, 2.24) is 9.55 Å². The Morgan fingerprint density at radius 2 is 1.58 bits per heavy atom. The van der Waals surface area contributed by atoms with E-state index in [1.54, 1.807) is 13.4 Å². The van der Waals surface area contributed by atoms with Gasteiger partial charge in [0.2, 0.25) is 0 Å². The maximum absolute atomic E-state index is 12.4. The van der Waals surface area contributed by atoms with Gasteiger partial charge in [-0.15, -0.1) is 12.4 Å². The second-order valence-electron chi connectivity index (χ2n) is 5.54. The maximum Gasteiger partial charge on any atom is 0.356 e. The summed E-state index contributed by atoms with van der Waals surface area (Å²) in [6.45, 7) is 0.572. The molecular weight excluding hydrogens is 352 g/mol. The molecular formula is C20H21ClN2O3. The smallest absolute Gasteiger partial charge is 0.356 e. The van der Waals surface area contributed by atoms with E-state index in [9.17, 15) is 4.79 Å². The first-order valence-electron chi connectivity index (χ1n) is 8.09. The number of rotatable bonds is 7. The molecule has 0 atom stereocenters. The zero-order chi connectivity index (χ0) is 17.5. The fourth-order valence-corrected chi connectivity index (χ4v) is 2.74. The average Bonchev–Trinajstić information content (AvgIpc) is 3.13. The predicted molar refractivity (Wildman–Crippen MR) is 102 cm³/mol. The molecule has 0 saturated carbocycles. The van der Waals surface area contributed by atoms with Crippen LogP contribution in [0.25, 0.3) is 0 Å². The fourth-order valence-electron chi connectivity index (χ4n) is 2.74. The lowest BCUT2D eigenvalue weighted by atomic mass is 9.98. The molecule has 3 aromatic rings. The van der Waals surface area contributed by atoms with Gasteiger partial charge in [0, 0.05) is 7.11 Å². The van der Waals surface area contributed by atoms with Gasteiger partial charge in [0.15, 0.2) is 0 Å². The number of halogens is 1. The van der Waals surface area contributed by atoms with Crippen molar-refractivity contribution < 1.29 is 14.3 Å². The number of nitrogens with zero attached hydrogens (tertiary/aromatic N) is 2. The third-order valence-corrected chi connectivity index (χ3v) is 3.90. The number of hydrogen-bond acceptors (Lipinski definition) is 4. The third-order valence-electron chi connectivity index (χ3n) is 3.90. The second kappa shape index (κ2) is 9.75. The van der Waals surface area contributed by atoms with Gasteiger partial charge in [0.05, 0.1) is 25.2 Å². The molecule has 1 heterocycles. The van der Waals surface area contributed by atoms with E-state index in [1.165, 1.54) is 6.20 Å². The number of methoxy groups -OCH3 is 1. The van der Waals surface area contributed by atoms with E-state index in [1.807, 2.05) is 65.2 Å². The lowest BCUT2D eigenvalue weighted by Crippen LogP contribution is -2.19. The zero-order valence-corrected chi connectivity index (χ0v) is 15.3. The molecule has 0 bridgehead atoms. The van der Waals surface area contributed by atoms with Crippen LogP contribution < -0.4 is 0 Å². The van der Waals surface area contributed by atoms with Crippen LogP contribution in [0.15, 0.2) is 73.2 Å². The molecule has 0 N–H and O–H groups in total. The molecule has 0 unspecified atom stereocenters. The van der Waals surface area contributed by atoms with Crippen molar-refractivity contribution in [2.45, 2.75) is 6.04 Å². The van der Waals surface area contributed by atoms with Crippen LogP contribution in [0.5, 0.6) is 0 Å². The summed E-state index contributed by atoms with van der Waals surface area (Å²) in [5.74, 6) is -0.411. The first-order valence-corrected chi connectivity index (χ1v) is 8.09. The van der Waals surface area contributed by atoms with Crippen LogP contribution in [0.3, 0.4) is 0 Å². The number of benzene rings is 2. The highest BCUT2D eigenvalue weighted by molar-refractivity contribution is 5.87. The Hall–Kier alpha value is -2.63. The average molecular weight is 373 g/mol. The van der Waals surface area contributed by atoms with Gasteiger partial charge in [0.1, 0.15) is 12.3 Å². The number of carbonyl (C=O) groups excluding carboxylic acids is 1. The van der Waals surface area contributed by atoms with E-state index in [0.717, 1.165) is 11.1 Å². The minimum absolute atomic E-state index is 0. The Balaban J connectivity index is 0.00000243. The van der Waals surface area contributed by atoms with E-state index in [4.69, 9.17) is 9.47 Å². The minimum atomic E-state index is -0.411. The standard InChI is InChI=1S/C20H20N2O3.ClH/c1-24-12-13-25-20(23)18-14-21-15-22(18)19(16-8-4-2-5-9-16)17-10-6-3-7-11-17;/h2-11,14-15,19H,12-13H2,1H3;1H. The number of ether oxygens (including phenoxy) is 2. The van der Waals surface area contributed by atoms with E-state index in [0.29, 0.717) is 12.3 Å². The first-order chi connectivity index (χ1) is 12.3. The van der Waals surface area contributed by atoms with Gasteiger partial charge < -0.3 is 14.0 Å². The van der Waals surface area contributed by atoms with Crippen LogP contribution >= 0.6 is 12.4 Å². The van der Waals surface area contributed by atoms with Gasteiger partial charge in [-0.25, -0.2) is 9.78 Å². The molecule has 0 fully saturated rings. The molecule has 0 saturated heterocycles. The quantitative estimate of drug-likeness (QED) is 0.468. The topological polar surface area (TPSA) is 53.4 Å². The molecule has 1 aromatic heterocycles. The Morgan fingerprint density at radius 3 is 2.12 bits per heavy atom. The molecule has 2 aromatic carbocycles. The normalized spacial score (nSPS) is 10.4. The van der Waals surface area contributed by atoms with E-state index in [2.05, 4.69) is 4.98 Å². The summed E-state index contributed by atoms with van der Waals surface area (Å²) in [5, 5.41) is 0. The molecule has 0 aliphatic heterocycles. The summed E-state index contributed by atoms with van der Waals surface area (Å²) >= 11 is 0. The molecule has 0 amide bonds. The van der Waals surface area contributed by atoms with Crippen molar-refractivity contribution in [1.29, 1.82) is 0 Å². The summed E-state index contributed by atoms with van der Waals surface area (Å²) in [4.78, 5) is 16.6. The van der Waals surface area contributed by atoms with Gasteiger partial charge >= 0.3 is 5.97 Å². The van der Waals surface area contributed by atoms with Crippen LogP contribution in [0, 0.1) is 0 Å². The molecule has 26 heavy (non-hydrogen) atoms. The second-order valence-corrected chi connectivity index (χ2v) is 5.54. The van der Waals surface area contributed by atoms with Gasteiger partial charge in [-0.1, -0.05) is 60.7 Å². The molecule has 6 heteroatoms. The highest BCUT2D eigenvalue weighted by Gasteiger charge is 2.22. The largest absolute Gasteiger partial charge is 0.459 e. The Kier molecular flexibility index (Phi) is 7.38. The van der Waals surface area contributed by atoms with E-state index >= 15 is 0 Å². The Labute approximate surface area is 159 Å².